The van der Waals surface area contributed by atoms with Gasteiger partial charge in [-0.3, -0.25) is 4.79 Å². The van der Waals surface area contributed by atoms with Crippen molar-refractivity contribution in [2.45, 2.75) is 12.8 Å². The molecule has 0 saturated carbocycles. The van der Waals surface area contributed by atoms with Gasteiger partial charge >= 0.3 is 5.97 Å². The minimum Gasteiger partial charge on any atom is -0.477 e. The average molecular weight is 248 g/mol. The molecule has 0 unspecified atom stereocenters. The fourth-order valence-corrected chi connectivity index (χ4v) is 2.67. The van der Waals surface area contributed by atoms with Crippen LogP contribution in [0.1, 0.15) is 22.3 Å². The van der Waals surface area contributed by atoms with Gasteiger partial charge in [-0.25, -0.2) is 4.79 Å². The first kappa shape index (κ1) is 11.9. The van der Waals surface area contributed by atoms with Crippen LogP contribution in [0, 0.1) is 0 Å². The zero-order chi connectivity index (χ0) is 12.4. The number of carboxylic acid groups (broad SMARTS) is 1. The Morgan fingerprint density at radius 3 is 2.65 bits per heavy atom. The summed E-state index contributed by atoms with van der Waals surface area (Å²) in [5.41, 5.74) is 2.08. The van der Waals surface area contributed by atoms with Crippen LogP contribution in [0.2, 0.25) is 0 Å². The molecule has 0 aliphatic heterocycles. The molecule has 0 radical (unpaired) electrons. The van der Waals surface area contributed by atoms with Crippen LogP contribution in [0.3, 0.4) is 0 Å². The maximum atomic E-state index is 12.2. The maximum absolute atomic E-state index is 12.2. The lowest BCUT2D eigenvalue weighted by Gasteiger charge is -2.18. The number of ketones is 1. The number of carboxylic acids is 1. The predicted octanol–water partition coefficient (Wildman–Crippen LogP) is 2.52. The van der Waals surface area contributed by atoms with E-state index in [0.717, 1.165) is 23.7 Å². The lowest BCUT2D eigenvalue weighted by atomic mass is 9.86. The van der Waals surface area contributed by atoms with E-state index < -0.39 is 5.97 Å². The summed E-state index contributed by atoms with van der Waals surface area (Å²) < 4.78 is 0. The number of hydrogen-bond donors (Lipinski definition) is 1. The van der Waals surface area contributed by atoms with Crippen molar-refractivity contribution in [2.75, 3.05) is 6.26 Å². The van der Waals surface area contributed by atoms with Crippen molar-refractivity contribution in [1.29, 1.82) is 0 Å². The SMILES string of the molecule is CSC(C(=O)O)=C1CCc2ccccc2C1=O. The summed E-state index contributed by atoms with van der Waals surface area (Å²) in [6.07, 6.45) is 2.93. The molecule has 17 heavy (non-hydrogen) atoms. The quantitative estimate of drug-likeness (QED) is 0.817. The number of fused-ring (bicyclic) bond motifs is 1. The van der Waals surface area contributed by atoms with Crippen molar-refractivity contribution in [3.8, 4) is 0 Å². The molecule has 0 heterocycles. The molecule has 0 amide bonds. The molecule has 2 rings (SSSR count). The molecular weight excluding hydrogens is 236 g/mol. The van der Waals surface area contributed by atoms with E-state index in [1.54, 1.807) is 18.4 Å². The third-order valence-corrected chi connectivity index (χ3v) is 3.68. The van der Waals surface area contributed by atoms with Gasteiger partial charge in [-0.1, -0.05) is 24.3 Å². The topological polar surface area (TPSA) is 54.4 Å². The second-order valence-electron chi connectivity index (χ2n) is 3.80. The van der Waals surface area contributed by atoms with Gasteiger partial charge in [-0.15, -0.1) is 11.8 Å². The lowest BCUT2D eigenvalue weighted by molar-refractivity contribution is -0.131. The molecule has 3 nitrogen and oxygen atoms in total. The van der Waals surface area contributed by atoms with Gasteiger partial charge in [0.05, 0.1) is 4.91 Å². The zero-order valence-electron chi connectivity index (χ0n) is 9.40. The summed E-state index contributed by atoms with van der Waals surface area (Å²) in [7, 11) is 0. The van der Waals surface area contributed by atoms with Crippen LogP contribution in [-0.4, -0.2) is 23.1 Å². The number of Topliss-reactive ketones (excluding diaryl/α,β-unsaturated/α-hetero) is 1. The molecule has 0 spiro atoms. The van der Waals surface area contributed by atoms with Crippen LogP contribution in [0.15, 0.2) is 34.7 Å². The second kappa shape index (κ2) is 4.75. The molecule has 4 heteroatoms. The van der Waals surface area contributed by atoms with E-state index in [1.807, 2.05) is 12.1 Å². The number of carbonyl (C=O) groups is 2. The number of thioether (sulfide) groups is 1. The van der Waals surface area contributed by atoms with Crippen LogP contribution in [0.5, 0.6) is 0 Å². The smallest absolute Gasteiger partial charge is 0.342 e. The van der Waals surface area contributed by atoms with E-state index in [0.29, 0.717) is 17.6 Å². The Bertz CT molecular complexity index is 517. The third-order valence-electron chi connectivity index (χ3n) is 2.85. The van der Waals surface area contributed by atoms with Gasteiger partial charge in [0, 0.05) is 11.1 Å². The lowest BCUT2D eigenvalue weighted by Crippen LogP contribution is -2.17. The van der Waals surface area contributed by atoms with Gasteiger partial charge in [0.25, 0.3) is 0 Å². The Morgan fingerprint density at radius 1 is 1.29 bits per heavy atom. The molecule has 1 N–H and O–H groups in total. The Labute approximate surface area is 104 Å². The van der Waals surface area contributed by atoms with Gasteiger partial charge in [-0.2, -0.15) is 0 Å². The van der Waals surface area contributed by atoms with Crippen LogP contribution in [0.4, 0.5) is 0 Å². The van der Waals surface area contributed by atoms with Crippen molar-refractivity contribution < 1.29 is 14.7 Å². The van der Waals surface area contributed by atoms with Gasteiger partial charge in [0.1, 0.15) is 0 Å². The fraction of sp³-hybridized carbons (Fsp3) is 0.231. The monoisotopic (exact) mass is 248 g/mol. The van der Waals surface area contributed by atoms with E-state index in [9.17, 15) is 9.59 Å². The van der Waals surface area contributed by atoms with Crippen LogP contribution in [0.25, 0.3) is 0 Å². The Hall–Kier alpha value is -1.55. The number of hydrogen-bond acceptors (Lipinski definition) is 3. The number of rotatable bonds is 2. The van der Waals surface area contributed by atoms with E-state index in [1.165, 1.54) is 0 Å². The molecule has 1 aliphatic carbocycles. The first-order valence-electron chi connectivity index (χ1n) is 5.28. The molecule has 0 atom stereocenters. The second-order valence-corrected chi connectivity index (χ2v) is 4.62. The number of benzene rings is 1. The number of aryl methyl sites for hydroxylation is 1. The highest BCUT2D eigenvalue weighted by atomic mass is 32.2. The highest BCUT2D eigenvalue weighted by Crippen LogP contribution is 2.30. The molecule has 1 aliphatic rings. The summed E-state index contributed by atoms with van der Waals surface area (Å²) >= 11 is 1.12. The van der Waals surface area contributed by atoms with E-state index in [4.69, 9.17) is 5.11 Å². The summed E-state index contributed by atoms with van der Waals surface area (Å²) in [5.74, 6) is -1.15. The first-order valence-corrected chi connectivity index (χ1v) is 6.50. The van der Waals surface area contributed by atoms with Crippen LogP contribution < -0.4 is 0 Å². The Balaban J connectivity index is 2.51. The third kappa shape index (κ3) is 2.13. The summed E-state index contributed by atoms with van der Waals surface area (Å²) in [6.45, 7) is 0. The molecule has 0 bridgehead atoms. The highest BCUT2D eigenvalue weighted by molar-refractivity contribution is 8.03. The molecule has 0 aromatic heterocycles. The standard InChI is InChI=1S/C13H12O3S/c1-17-12(13(15)16)10-7-6-8-4-2-3-5-9(8)11(10)14/h2-5H,6-7H2,1H3,(H,15,16). The zero-order valence-corrected chi connectivity index (χ0v) is 10.2. The van der Waals surface area contributed by atoms with Gasteiger partial charge < -0.3 is 5.11 Å². The summed E-state index contributed by atoms with van der Waals surface area (Å²) in [6, 6.07) is 7.38. The predicted molar refractivity (Wildman–Crippen MR) is 67.3 cm³/mol. The van der Waals surface area contributed by atoms with E-state index in [-0.39, 0.29) is 10.7 Å². The molecule has 0 saturated heterocycles. The molecule has 1 aromatic rings. The van der Waals surface area contributed by atoms with Crippen molar-refractivity contribution in [2.24, 2.45) is 0 Å². The van der Waals surface area contributed by atoms with Gasteiger partial charge in [-0.05, 0) is 24.7 Å². The van der Waals surface area contributed by atoms with Crippen molar-refractivity contribution in [3.63, 3.8) is 0 Å². The number of aliphatic carboxylic acids is 1. The fourth-order valence-electron chi connectivity index (χ4n) is 2.05. The first-order chi connectivity index (χ1) is 8.15. The van der Waals surface area contributed by atoms with Crippen LogP contribution in [-0.2, 0) is 11.2 Å². The molecule has 1 aromatic carbocycles. The Kier molecular flexibility index (Phi) is 3.33. The largest absolute Gasteiger partial charge is 0.477 e. The molecule has 88 valence electrons. The minimum absolute atomic E-state index is 0.140. The van der Waals surface area contributed by atoms with Crippen LogP contribution >= 0.6 is 11.8 Å². The Morgan fingerprint density at radius 2 is 2.00 bits per heavy atom. The molecular formula is C13H12O3S. The number of allylic oxidation sites excluding steroid dienone is 1. The van der Waals surface area contributed by atoms with E-state index in [2.05, 4.69) is 0 Å². The van der Waals surface area contributed by atoms with E-state index >= 15 is 0 Å². The summed E-state index contributed by atoms with van der Waals surface area (Å²) in [4.78, 5) is 23.4. The number of carbonyl (C=O) groups excluding carboxylic acids is 1. The normalized spacial score (nSPS) is 17.6. The highest BCUT2D eigenvalue weighted by Gasteiger charge is 2.26. The van der Waals surface area contributed by atoms with Crippen molar-refractivity contribution in [1.82, 2.24) is 0 Å². The maximum Gasteiger partial charge on any atom is 0.342 e. The minimum atomic E-state index is -1.01. The summed E-state index contributed by atoms with van der Waals surface area (Å²) in [5, 5.41) is 9.06. The molecule has 0 fully saturated rings. The van der Waals surface area contributed by atoms with Crippen molar-refractivity contribution in [3.05, 3.63) is 45.9 Å². The van der Waals surface area contributed by atoms with Gasteiger partial charge in [0.15, 0.2) is 5.78 Å². The average Bonchev–Trinajstić information content (AvgIpc) is 2.33. The van der Waals surface area contributed by atoms with Gasteiger partial charge in [0.2, 0.25) is 0 Å². The van der Waals surface area contributed by atoms with Crippen molar-refractivity contribution >= 4 is 23.5 Å².